The van der Waals surface area contributed by atoms with Crippen molar-refractivity contribution in [2.45, 2.75) is 12.6 Å². The minimum Gasteiger partial charge on any atom is -0.508 e. The molecule has 0 radical (unpaired) electrons. The molecule has 2 atom stereocenters. The Labute approximate surface area is 176 Å². The Morgan fingerprint density at radius 3 is 2.26 bits per heavy atom. The molecule has 1 aromatic heterocycles. The van der Waals surface area contributed by atoms with Gasteiger partial charge in [0.1, 0.15) is 5.75 Å². The van der Waals surface area contributed by atoms with Gasteiger partial charge in [-0.15, -0.1) is 0 Å². The minimum absolute atomic E-state index is 0.0670. The zero-order valence-corrected chi connectivity index (χ0v) is 16.5. The monoisotopic (exact) mass is 437 g/mol. The predicted octanol–water partition coefficient (Wildman–Crippen LogP) is 3.02. The van der Waals surface area contributed by atoms with Gasteiger partial charge in [0.25, 0.3) is 5.91 Å². The summed E-state index contributed by atoms with van der Waals surface area (Å²) in [4.78, 5) is 30.1. The average molecular weight is 437 g/mol. The second kappa shape index (κ2) is 9.23. The number of hydrogen-bond donors (Lipinski definition) is 2. The molecule has 2 fully saturated rings. The number of carboxylic acids is 1. The van der Waals surface area contributed by atoms with Crippen molar-refractivity contribution in [3.63, 3.8) is 0 Å². The van der Waals surface area contributed by atoms with Crippen LogP contribution in [0, 0.1) is 11.8 Å². The summed E-state index contributed by atoms with van der Waals surface area (Å²) in [6, 6.07) is 10.6. The SMILES string of the molecule is O=C(O)C(F)(F)F.O=C(c1ccc(O)cc1)N1C[C@@H]2CCN(c3cccnc3)C[C@@H]2C1. The van der Waals surface area contributed by atoms with Crippen molar-refractivity contribution < 1.29 is 33.0 Å². The average Bonchev–Trinajstić information content (AvgIpc) is 3.17. The topological polar surface area (TPSA) is 94.0 Å². The Morgan fingerprint density at radius 2 is 1.68 bits per heavy atom. The maximum atomic E-state index is 12.7. The molecule has 31 heavy (non-hydrogen) atoms. The van der Waals surface area contributed by atoms with Gasteiger partial charge in [0, 0.05) is 37.9 Å². The number of phenols is 1. The van der Waals surface area contributed by atoms with Crippen LogP contribution in [0.1, 0.15) is 16.8 Å². The second-order valence-electron chi connectivity index (χ2n) is 7.53. The first kappa shape index (κ1) is 22.4. The Hall–Kier alpha value is -3.30. The van der Waals surface area contributed by atoms with E-state index in [1.54, 1.807) is 30.5 Å². The molecule has 2 aliphatic heterocycles. The number of piperidine rings is 1. The molecule has 2 N–H and O–H groups in total. The molecule has 0 unspecified atom stereocenters. The fraction of sp³-hybridized carbons (Fsp3) is 0.381. The zero-order valence-electron chi connectivity index (χ0n) is 16.5. The van der Waals surface area contributed by atoms with Crippen LogP contribution in [0.2, 0.25) is 0 Å². The molecule has 1 amide bonds. The highest BCUT2D eigenvalue weighted by atomic mass is 19.4. The lowest BCUT2D eigenvalue weighted by molar-refractivity contribution is -0.192. The van der Waals surface area contributed by atoms with Crippen LogP contribution in [0.5, 0.6) is 5.75 Å². The number of likely N-dealkylation sites (tertiary alicyclic amines) is 1. The lowest BCUT2D eigenvalue weighted by Crippen LogP contribution is -2.40. The smallest absolute Gasteiger partial charge is 0.490 e. The van der Waals surface area contributed by atoms with Crippen molar-refractivity contribution >= 4 is 17.6 Å². The van der Waals surface area contributed by atoms with E-state index >= 15 is 0 Å². The summed E-state index contributed by atoms with van der Waals surface area (Å²) < 4.78 is 31.7. The van der Waals surface area contributed by atoms with E-state index in [2.05, 4.69) is 16.0 Å². The van der Waals surface area contributed by atoms with Crippen molar-refractivity contribution in [2.24, 2.45) is 11.8 Å². The molecule has 7 nitrogen and oxygen atoms in total. The number of halogens is 3. The van der Waals surface area contributed by atoms with Crippen LogP contribution in [0.15, 0.2) is 48.8 Å². The quantitative estimate of drug-likeness (QED) is 0.750. The number of amides is 1. The van der Waals surface area contributed by atoms with Gasteiger partial charge in [-0.3, -0.25) is 9.78 Å². The number of carbonyl (C=O) groups excluding carboxylic acids is 1. The van der Waals surface area contributed by atoms with E-state index in [4.69, 9.17) is 9.90 Å². The van der Waals surface area contributed by atoms with Crippen molar-refractivity contribution in [2.75, 3.05) is 31.1 Å². The number of benzene rings is 1. The molecule has 2 aromatic rings. The van der Waals surface area contributed by atoms with E-state index in [-0.39, 0.29) is 11.7 Å². The summed E-state index contributed by atoms with van der Waals surface area (Å²) in [5, 5.41) is 16.5. The van der Waals surface area contributed by atoms with Crippen molar-refractivity contribution in [3.05, 3.63) is 54.4 Å². The molecule has 0 saturated carbocycles. The summed E-state index contributed by atoms with van der Waals surface area (Å²) in [6.45, 7) is 3.65. The Balaban J connectivity index is 0.000000339. The number of fused-ring (bicyclic) bond motifs is 1. The number of aliphatic carboxylic acids is 1. The third-order valence-corrected chi connectivity index (χ3v) is 5.46. The summed E-state index contributed by atoms with van der Waals surface area (Å²) in [7, 11) is 0. The first-order chi connectivity index (χ1) is 14.6. The molecule has 4 rings (SSSR count). The molecular weight excluding hydrogens is 415 g/mol. The molecule has 2 saturated heterocycles. The third-order valence-electron chi connectivity index (χ3n) is 5.46. The number of rotatable bonds is 2. The number of carbonyl (C=O) groups is 2. The molecule has 0 spiro atoms. The molecule has 1 aromatic carbocycles. The molecule has 166 valence electrons. The van der Waals surface area contributed by atoms with Crippen molar-refractivity contribution in [1.29, 1.82) is 0 Å². The highest BCUT2D eigenvalue weighted by molar-refractivity contribution is 5.94. The van der Waals surface area contributed by atoms with Crippen LogP contribution in [0.25, 0.3) is 0 Å². The highest BCUT2D eigenvalue weighted by Crippen LogP contribution is 2.33. The van der Waals surface area contributed by atoms with Crippen LogP contribution in [0.4, 0.5) is 18.9 Å². The Bertz CT molecular complexity index is 906. The second-order valence-corrected chi connectivity index (χ2v) is 7.53. The van der Waals surface area contributed by atoms with E-state index in [9.17, 15) is 23.1 Å². The maximum Gasteiger partial charge on any atom is 0.490 e. The Morgan fingerprint density at radius 1 is 1.03 bits per heavy atom. The molecule has 0 bridgehead atoms. The van der Waals surface area contributed by atoms with E-state index in [0.717, 1.165) is 32.6 Å². The largest absolute Gasteiger partial charge is 0.508 e. The van der Waals surface area contributed by atoms with Crippen LogP contribution in [0.3, 0.4) is 0 Å². The minimum atomic E-state index is -5.08. The van der Waals surface area contributed by atoms with Gasteiger partial charge in [-0.25, -0.2) is 4.79 Å². The molecular formula is C21H22F3N3O4. The van der Waals surface area contributed by atoms with Gasteiger partial charge in [-0.1, -0.05) is 0 Å². The van der Waals surface area contributed by atoms with Crippen LogP contribution < -0.4 is 4.90 Å². The summed E-state index contributed by atoms with van der Waals surface area (Å²) >= 11 is 0. The number of alkyl halides is 3. The van der Waals surface area contributed by atoms with Crippen LogP contribution in [-0.4, -0.2) is 64.3 Å². The van der Waals surface area contributed by atoms with Gasteiger partial charge >= 0.3 is 12.1 Å². The number of carboxylic acid groups (broad SMARTS) is 1. The first-order valence-electron chi connectivity index (χ1n) is 9.68. The number of phenolic OH excluding ortho intramolecular Hbond substituents is 1. The number of hydrogen-bond acceptors (Lipinski definition) is 5. The number of aromatic hydroxyl groups is 1. The van der Waals surface area contributed by atoms with E-state index < -0.39 is 12.1 Å². The molecule has 2 aliphatic rings. The highest BCUT2D eigenvalue weighted by Gasteiger charge is 2.39. The van der Waals surface area contributed by atoms with Gasteiger partial charge in [0.15, 0.2) is 0 Å². The predicted molar refractivity (Wildman–Crippen MR) is 106 cm³/mol. The normalized spacial score (nSPS) is 20.5. The first-order valence-corrected chi connectivity index (χ1v) is 9.68. The van der Waals surface area contributed by atoms with Crippen molar-refractivity contribution in [1.82, 2.24) is 9.88 Å². The number of nitrogens with zero attached hydrogens (tertiary/aromatic N) is 3. The van der Waals surface area contributed by atoms with Gasteiger partial charge in [-0.2, -0.15) is 13.2 Å². The standard InChI is InChI=1S/C19H21N3O2.C2HF3O2/c23-18-5-3-14(4-6-18)19(24)22-11-15-7-9-21(12-16(15)13-22)17-2-1-8-20-10-17;3-2(4,5)1(6)7/h1-6,8,10,15-16,23H,7,9,11-13H2;(H,6,7)/t15-,16+;/m0./s1. The molecule has 0 aliphatic carbocycles. The maximum absolute atomic E-state index is 12.7. The lowest BCUT2D eigenvalue weighted by Gasteiger charge is -2.35. The fourth-order valence-electron chi connectivity index (χ4n) is 3.90. The van der Waals surface area contributed by atoms with E-state index in [1.807, 2.05) is 17.2 Å². The fourth-order valence-corrected chi connectivity index (χ4v) is 3.90. The van der Waals surface area contributed by atoms with E-state index in [0.29, 0.717) is 17.4 Å². The van der Waals surface area contributed by atoms with Crippen LogP contribution in [-0.2, 0) is 4.79 Å². The van der Waals surface area contributed by atoms with Gasteiger partial charge in [0.2, 0.25) is 0 Å². The van der Waals surface area contributed by atoms with Crippen molar-refractivity contribution in [3.8, 4) is 5.75 Å². The van der Waals surface area contributed by atoms with E-state index in [1.165, 1.54) is 5.69 Å². The van der Waals surface area contributed by atoms with Gasteiger partial charge in [0.05, 0.1) is 11.9 Å². The Kier molecular flexibility index (Phi) is 6.67. The number of pyridine rings is 1. The zero-order chi connectivity index (χ0) is 22.6. The lowest BCUT2D eigenvalue weighted by atomic mass is 9.88. The number of aromatic nitrogens is 1. The summed E-state index contributed by atoms with van der Waals surface area (Å²) in [6.07, 6.45) is -0.266. The molecule has 3 heterocycles. The summed E-state index contributed by atoms with van der Waals surface area (Å²) in [5.41, 5.74) is 1.81. The van der Waals surface area contributed by atoms with Gasteiger partial charge in [-0.05, 0) is 54.7 Å². The third kappa shape index (κ3) is 5.65. The summed E-state index contributed by atoms with van der Waals surface area (Å²) in [5.74, 6) is -1.41. The van der Waals surface area contributed by atoms with Crippen LogP contribution >= 0.6 is 0 Å². The van der Waals surface area contributed by atoms with Gasteiger partial charge < -0.3 is 20.0 Å². The number of anilines is 1. The molecule has 10 heteroatoms.